The Bertz CT molecular complexity index is 1210. The van der Waals surface area contributed by atoms with E-state index in [0.717, 1.165) is 23.7 Å². The number of aromatic nitrogens is 1. The number of benzene rings is 2. The summed E-state index contributed by atoms with van der Waals surface area (Å²) in [6.45, 7) is 6.92. The zero-order valence-electron chi connectivity index (χ0n) is 19.2. The Balaban J connectivity index is 1.28. The lowest BCUT2D eigenvalue weighted by Gasteiger charge is -2.34. The summed E-state index contributed by atoms with van der Waals surface area (Å²) >= 11 is 1.69. The van der Waals surface area contributed by atoms with Crippen LogP contribution in [0.3, 0.4) is 0 Å². The van der Waals surface area contributed by atoms with Crippen molar-refractivity contribution >= 4 is 42.4 Å². The summed E-state index contributed by atoms with van der Waals surface area (Å²) in [5.41, 5.74) is 3.53. The highest BCUT2D eigenvalue weighted by atomic mass is 32.2. The van der Waals surface area contributed by atoms with Gasteiger partial charge in [-0.3, -0.25) is 4.79 Å². The molecule has 33 heavy (non-hydrogen) atoms. The first-order valence-electron chi connectivity index (χ1n) is 11.0. The number of hydrogen-bond acceptors (Lipinski definition) is 7. The van der Waals surface area contributed by atoms with Crippen LogP contribution < -0.4 is 9.64 Å². The molecule has 0 saturated carbocycles. The quantitative estimate of drug-likeness (QED) is 0.504. The van der Waals surface area contributed by atoms with Gasteiger partial charge < -0.3 is 14.5 Å². The van der Waals surface area contributed by atoms with E-state index in [1.807, 2.05) is 4.90 Å². The Morgan fingerprint density at radius 2 is 1.73 bits per heavy atom. The molecule has 2 heterocycles. The summed E-state index contributed by atoms with van der Waals surface area (Å²) in [6, 6.07) is 10.7. The number of fused-ring (bicyclic) bond motifs is 1. The number of nitrogens with zero attached hydrogens (tertiary/aromatic N) is 3. The molecule has 1 fully saturated rings. The van der Waals surface area contributed by atoms with Gasteiger partial charge in [0.25, 0.3) is 0 Å². The minimum atomic E-state index is -3.42. The van der Waals surface area contributed by atoms with Gasteiger partial charge in [0.2, 0.25) is 5.91 Å². The van der Waals surface area contributed by atoms with Crippen LogP contribution in [0, 0.1) is 13.8 Å². The lowest BCUT2D eigenvalue weighted by atomic mass is 10.1. The molecule has 0 N–H and O–H groups in total. The largest absolute Gasteiger partial charge is 0.497 e. The van der Waals surface area contributed by atoms with Crippen LogP contribution >= 0.6 is 11.3 Å². The van der Waals surface area contributed by atoms with E-state index >= 15 is 0 Å². The minimum Gasteiger partial charge on any atom is -0.497 e. The highest BCUT2D eigenvalue weighted by Crippen LogP contribution is 2.31. The molecule has 1 saturated heterocycles. The number of hydrogen-bond donors (Lipinski definition) is 0. The normalized spacial score (nSPS) is 14.6. The standard InChI is InChI=1S/C24H29N3O4S2/c1-17-15-21-22(16-18(17)2)32-24(25-21)27-12-10-26(11-13-27)23(28)5-4-14-33(29,30)20-8-6-19(31-3)7-9-20/h6-9,15-16H,4-5,10-14H2,1-3H3. The lowest BCUT2D eigenvalue weighted by molar-refractivity contribution is -0.131. The number of amides is 1. The van der Waals surface area contributed by atoms with Crippen LogP contribution in [0.2, 0.25) is 0 Å². The van der Waals surface area contributed by atoms with E-state index in [0.29, 0.717) is 25.3 Å². The number of carbonyl (C=O) groups is 1. The van der Waals surface area contributed by atoms with Gasteiger partial charge >= 0.3 is 0 Å². The first-order chi connectivity index (χ1) is 15.8. The average Bonchev–Trinajstić information content (AvgIpc) is 3.22. The molecular formula is C24H29N3O4S2. The van der Waals surface area contributed by atoms with E-state index in [-0.39, 0.29) is 23.0 Å². The van der Waals surface area contributed by atoms with Crippen LogP contribution in [-0.4, -0.2) is 63.3 Å². The maximum absolute atomic E-state index is 12.6. The van der Waals surface area contributed by atoms with E-state index in [9.17, 15) is 13.2 Å². The van der Waals surface area contributed by atoms with Crippen LogP contribution in [0.1, 0.15) is 24.0 Å². The maximum atomic E-state index is 12.6. The zero-order valence-corrected chi connectivity index (χ0v) is 20.8. The molecule has 1 amide bonds. The molecule has 2 aromatic carbocycles. The smallest absolute Gasteiger partial charge is 0.222 e. The molecule has 0 aliphatic carbocycles. The molecule has 1 aromatic heterocycles. The first kappa shape index (κ1) is 23.5. The molecule has 1 aliphatic rings. The van der Waals surface area contributed by atoms with Gasteiger partial charge in [0.1, 0.15) is 5.75 Å². The second-order valence-corrected chi connectivity index (χ2v) is 11.5. The SMILES string of the molecule is COc1ccc(S(=O)(=O)CCCC(=O)N2CCN(c3nc4cc(C)c(C)cc4s3)CC2)cc1. The van der Waals surface area contributed by atoms with E-state index < -0.39 is 9.84 Å². The van der Waals surface area contributed by atoms with E-state index in [2.05, 4.69) is 30.9 Å². The van der Waals surface area contributed by atoms with Crippen molar-refractivity contribution < 1.29 is 17.9 Å². The predicted molar refractivity (Wildman–Crippen MR) is 132 cm³/mol. The fourth-order valence-electron chi connectivity index (χ4n) is 3.92. The highest BCUT2D eigenvalue weighted by Gasteiger charge is 2.24. The summed E-state index contributed by atoms with van der Waals surface area (Å²) in [6.07, 6.45) is 0.541. The topological polar surface area (TPSA) is 79.8 Å². The molecule has 9 heteroatoms. The fourth-order valence-corrected chi connectivity index (χ4v) is 6.33. The third kappa shape index (κ3) is 5.30. The Kier molecular flexibility index (Phi) is 6.90. The number of aryl methyl sites for hydroxylation is 2. The van der Waals surface area contributed by atoms with Gasteiger partial charge in [-0.05, 0) is 67.8 Å². The molecule has 4 rings (SSSR count). The average molecular weight is 488 g/mol. The number of carbonyl (C=O) groups excluding carboxylic acids is 1. The number of thiazole rings is 1. The molecule has 0 spiro atoms. The Hall–Kier alpha value is -2.65. The van der Waals surface area contributed by atoms with E-state index in [1.54, 1.807) is 35.6 Å². The first-order valence-corrected chi connectivity index (χ1v) is 13.5. The van der Waals surface area contributed by atoms with Crippen molar-refractivity contribution in [1.82, 2.24) is 9.88 Å². The number of methoxy groups -OCH3 is 1. The molecule has 1 aliphatic heterocycles. The third-order valence-corrected chi connectivity index (χ3v) is 9.01. The monoisotopic (exact) mass is 487 g/mol. The molecule has 0 unspecified atom stereocenters. The number of piperazine rings is 1. The van der Waals surface area contributed by atoms with Gasteiger partial charge in [-0.2, -0.15) is 0 Å². The Labute approximate surface area is 198 Å². The Morgan fingerprint density at radius 1 is 1.06 bits per heavy atom. The minimum absolute atomic E-state index is 0.00938. The van der Waals surface area contributed by atoms with Gasteiger partial charge in [0.15, 0.2) is 15.0 Å². The van der Waals surface area contributed by atoms with Gasteiger partial charge in [-0.1, -0.05) is 11.3 Å². The summed E-state index contributed by atoms with van der Waals surface area (Å²) in [7, 11) is -1.88. The van der Waals surface area contributed by atoms with Crippen molar-refractivity contribution in [3.63, 3.8) is 0 Å². The van der Waals surface area contributed by atoms with Crippen molar-refractivity contribution in [3.05, 3.63) is 47.5 Å². The second-order valence-electron chi connectivity index (χ2n) is 8.37. The predicted octanol–water partition coefficient (Wildman–Crippen LogP) is 3.82. The van der Waals surface area contributed by atoms with E-state index in [1.165, 1.54) is 22.9 Å². The number of sulfone groups is 1. The van der Waals surface area contributed by atoms with Gasteiger partial charge in [-0.15, -0.1) is 0 Å². The summed E-state index contributed by atoms with van der Waals surface area (Å²) < 4.78 is 31.3. The van der Waals surface area contributed by atoms with Crippen LogP contribution in [0.4, 0.5) is 5.13 Å². The van der Waals surface area contributed by atoms with Crippen LogP contribution in [-0.2, 0) is 14.6 Å². The molecule has 3 aromatic rings. The number of anilines is 1. The van der Waals surface area contributed by atoms with Crippen molar-refractivity contribution in [2.24, 2.45) is 0 Å². The van der Waals surface area contributed by atoms with Crippen molar-refractivity contribution in [2.45, 2.75) is 31.6 Å². The third-order valence-electron chi connectivity index (χ3n) is 6.12. The molecule has 0 atom stereocenters. The number of ether oxygens (including phenoxy) is 1. The van der Waals surface area contributed by atoms with Crippen LogP contribution in [0.15, 0.2) is 41.3 Å². The van der Waals surface area contributed by atoms with Crippen molar-refractivity contribution in [2.75, 3.05) is 43.9 Å². The summed E-state index contributed by atoms with van der Waals surface area (Å²) in [4.78, 5) is 21.8. The lowest BCUT2D eigenvalue weighted by Crippen LogP contribution is -2.48. The van der Waals surface area contributed by atoms with Crippen LogP contribution in [0.5, 0.6) is 5.75 Å². The molecular weight excluding hydrogens is 458 g/mol. The Morgan fingerprint density at radius 3 is 2.39 bits per heavy atom. The molecule has 0 radical (unpaired) electrons. The maximum Gasteiger partial charge on any atom is 0.222 e. The molecule has 176 valence electrons. The molecule has 7 nitrogen and oxygen atoms in total. The summed E-state index contributed by atoms with van der Waals surface area (Å²) in [5.74, 6) is 0.574. The van der Waals surface area contributed by atoms with Crippen molar-refractivity contribution in [1.29, 1.82) is 0 Å². The highest BCUT2D eigenvalue weighted by molar-refractivity contribution is 7.91. The van der Waals surface area contributed by atoms with Gasteiger partial charge in [0.05, 0.1) is 28.0 Å². The zero-order chi connectivity index (χ0) is 23.6. The summed E-state index contributed by atoms with van der Waals surface area (Å²) in [5, 5.41) is 0.993. The van der Waals surface area contributed by atoms with Gasteiger partial charge in [0, 0.05) is 32.6 Å². The van der Waals surface area contributed by atoms with Crippen LogP contribution in [0.25, 0.3) is 10.2 Å². The number of rotatable bonds is 7. The van der Waals surface area contributed by atoms with Gasteiger partial charge in [-0.25, -0.2) is 13.4 Å². The van der Waals surface area contributed by atoms with E-state index in [4.69, 9.17) is 9.72 Å². The molecule has 0 bridgehead atoms. The fraction of sp³-hybridized carbons (Fsp3) is 0.417. The second kappa shape index (κ2) is 9.69. The van der Waals surface area contributed by atoms with Crippen molar-refractivity contribution in [3.8, 4) is 5.75 Å².